The standard InChI is InChI=1S/C25H33N3O6/c1-25(2,3)34-24(31)27-21(15-17-8-12-19(33-5)13-9-17)23(30)28-22(29)20(26)14-16-6-10-18(32-4)11-7-16/h6-13,20-21H,14-15,26H2,1-5H3,(H,27,31)(H,28,29,30)/t20-,21-/m0/s1. The predicted octanol–water partition coefficient (Wildman–Crippen LogP) is 2.35. The number of methoxy groups -OCH3 is 2. The van der Waals surface area contributed by atoms with Gasteiger partial charge in [0.2, 0.25) is 11.8 Å². The Morgan fingerprint density at radius 2 is 1.29 bits per heavy atom. The first-order chi connectivity index (χ1) is 16.0. The average molecular weight is 472 g/mol. The molecule has 0 aromatic heterocycles. The van der Waals surface area contributed by atoms with Crippen molar-refractivity contribution < 1.29 is 28.6 Å². The molecule has 3 amide bonds. The fourth-order valence-corrected chi connectivity index (χ4v) is 3.07. The monoisotopic (exact) mass is 471 g/mol. The molecular weight excluding hydrogens is 438 g/mol. The van der Waals surface area contributed by atoms with E-state index in [4.69, 9.17) is 19.9 Å². The highest BCUT2D eigenvalue weighted by molar-refractivity contribution is 6.01. The predicted molar refractivity (Wildman–Crippen MR) is 128 cm³/mol. The van der Waals surface area contributed by atoms with Crippen LogP contribution in [-0.4, -0.2) is 49.8 Å². The number of amides is 3. The van der Waals surface area contributed by atoms with Crippen LogP contribution in [0.4, 0.5) is 4.79 Å². The molecule has 0 radical (unpaired) electrons. The molecule has 2 atom stereocenters. The van der Waals surface area contributed by atoms with Crippen LogP contribution in [0.3, 0.4) is 0 Å². The van der Waals surface area contributed by atoms with Gasteiger partial charge >= 0.3 is 6.09 Å². The average Bonchev–Trinajstić information content (AvgIpc) is 2.78. The molecule has 184 valence electrons. The van der Waals surface area contributed by atoms with Crippen molar-refractivity contribution >= 4 is 17.9 Å². The molecule has 0 fully saturated rings. The van der Waals surface area contributed by atoms with E-state index in [2.05, 4.69) is 10.6 Å². The molecule has 0 saturated heterocycles. The third-order valence-corrected chi connectivity index (χ3v) is 4.80. The third kappa shape index (κ3) is 8.74. The lowest BCUT2D eigenvalue weighted by Crippen LogP contribution is -2.53. The van der Waals surface area contributed by atoms with E-state index in [1.54, 1.807) is 83.5 Å². The summed E-state index contributed by atoms with van der Waals surface area (Å²) >= 11 is 0. The zero-order valence-electron chi connectivity index (χ0n) is 20.2. The van der Waals surface area contributed by atoms with Crippen LogP contribution in [-0.2, 0) is 27.2 Å². The number of benzene rings is 2. The number of hydrogen-bond donors (Lipinski definition) is 3. The molecule has 0 unspecified atom stereocenters. The quantitative estimate of drug-likeness (QED) is 0.512. The number of carbonyl (C=O) groups is 3. The van der Waals surface area contributed by atoms with Crippen molar-refractivity contribution in [3.8, 4) is 11.5 Å². The molecule has 2 aromatic carbocycles. The van der Waals surface area contributed by atoms with Crippen molar-refractivity contribution in [3.63, 3.8) is 0 Å². The summed E-state index contributed by atoms with van der Waals surface area (Å²) in [5.74, 6) is 0.0134. The fraction of sp³-hybridized carbons (Fsp3) is 0.400. The third-order valence-electron chi connectivity index (χ3n) is 4.80. The molecule has 0 bridgehead atoms. The molecule has 34 heavy (non-hydrogen) atoms. The Labute approximate surface area is 199 Å². The maximum atomic E-state index is 12.9. The van der Waals surface area contributed by atoms with Gasteiger partial charge in [-0.3, -0.25) is 14.9 Å². The summed E-state index contributed by atoms with van der Waals surface area (Å²) in [4.78, 5) is 37.8. The van der Waals surface area contributed by atoms with Crippen LogP contribution in [0.1, 0.15) is 31.9 Å². The van der Waals surface area contributed by atoms with E-state index in [-0.39, 0.29) is 12.8 Å². The van der Waals surface area contributed by atoms with E-state index in [9.17, 15) is 14.4 Å². The van der Waals surface area contributed by atoms with Crippen molar-refractivity contribution in [2.24, 2.45) is 5.73 Å². The second kappa shape index (κ2) is 12.0. The fourth-order valence-electron chi connectivity index (χ4n) is 3.07. The van der Waals surface area contributed by atoms with Crippen molar-refractivity contribution in [1.29, 1.82) is 0 Å². The van der Waals surface area contributed by atoms with E-state index in [0.29, 0.717) is 11.5 Å². The molecule has 4 N–H and O–H groups in total. The van der Waals surface area contributed by atoms with Crippen LogP contribution in [0.15, 0.2) is 48.5 Å². The topological polar surface area (TPSA) is 129 Å². The Morgan fingerprint density at radius 1 is 0.824 bits per heavy atom. The molecule has 9 nitrogen and oxygen atoms in total. The highest BCUT2D eigenvalue weighted by Crippen LogP contribution is 2.14. The summed E-state index contributed by atoms with van der Waals surface area (Å²) in [6.45, 7) is 5.15. The minimum Gasteiger partial charge on any atom is -0.497 e. The van der Waals surface area contributed by atoms with Gasteiger partial charge in [0.25, 0.3) is 0 Å². The molecule has 0 saturated carbocycles. The highest BCUT2D eigenvalue weighted by Gasteiger charge is 2.27. The molecule has 2 aromatic rings. The maximum Gasteiger partial charge on any atom is 0.408 e. The number of alkyl carbamates (subject to hydrolysis) is 1. The van der Waals surface area contributed by atoms with Crippen molar-refractivity contribution in [1.82, 2.24) is 10.6 Å². The summed E-state index contributed by atoms with van der Waals surface area (Å²) in [5.41, 5.74) is 6.84. The van der Waals surface area contributed by atoms with Gasteiger partial charge in [0, 0.05) is 6.42 Å². The van der Waals surface area contributed by atoms with Gasteiger partial charge in [0.15, 0.2) is 0 Å². The zero-order chi connectivity index (χ0) is 25.3. The smallest absolute Gasteiger partial charge is 0.408 e. The molecule has 0 aliphatic heterocycles. The minimum atomic E-state index is -1.06. The highest BCUT2D eigenvalue weighted by atomic mass is 16.6. The largest absolute Gasteiger partial charge is 0.497 e. The number of nitrogens with one attached hydrogen (secondary N) is 2. The van der Waals surface area contributed by atoms with Crippen LogP contribution >= 0.6 is 0 Å². The van der Waals surface area contributed by atoms with Crippen molar-refractivity contribution in [3.05, 3.63) is 59.7 Å². The zero-order valence-corrected chi connectivity index (χ0v) is 20.2. The number of ether oxygens (including phenoxy) is 3. The maximum absolute atomic E-state index is 12.9. The Balaban J connectivity index is 2.08. The van der Waals surface area contributed by atoms with Gasteiger partial charge in [-0.1, -0.05) is 24.3 Å². The second-order valence-electron chi connectivity index (χ2n) is 8.76. The van der Waals surface area contributed by atoms with Gasteiger partial charge in [-0.2, -0.15) is 0 Å². The van der Waals surface area contributed by atoms with Crippen LogP contribution < -0.4 is 25.8 Å². The second-order valence-corrected chi connectivity index (χ2v) is 8.76. The van der Waals surface area contributed by atoms with Crippen molar-refractivity contribution in [2.75, 3.05) is 14.2 Å². The summed E-state index contributed by atoms with van der Waals surface area (Å²) in [6, 6.07) is 12.1. The Morgan fingerprint density at radius 3 is 1.74 bits per heavy atom. The van der Waals surface area contributed by atoms with E-state index >= 15 is 0 Å². The van der Waals surface area contributed by atoms with Gasteiger partial charge in [0.05, 0.1) is 20.3 Å². The number of nitrogens with two attached hydrogens (primary N) is 1. The molecule has 0 heterocycles. The van der Waals surface area contributed by atoms with E-state index in [0.717, 1.165) is 11.1 Å². The van der Waals surface area contributed by atoms with Gasteiger partial charge < -0.3 is 25.3 Å². The Bertz CT molecular complexity index is 968. The first-order valence-corrected chi connectivity index (χ1v) is 10.9. The number of hydrogen-bond acceptors (Lipinski definition) is 7. The normalized spacial score (nSPS) is 12.8. The van der Waals surface area contributed by atoms with Gasteiger partial charge in [-0.15, -0.1) is 0 Å². The Kier molecular flexibility index (Phi) is 9.44. The lowest BCUT2D eigenvalue weighted by atomic mass is 10.0. The first-order valence-electron chi connectivity index (χ1n) is 10.9. The minimum absolute atomic E-state index is 0.135. The molecule has 0 spiro atoms. The first kappa shape index (κ1) is 26.7. The number of imide groups is 1. The van der Waals surface area contributed by atoms with Gasteiger partial charge in [-0.25, -0.2) is 4.79 Å². The van der Waals surface area contributed by atoms with Crippen LogP contribution in [0, 0.1) is 0 Å². The number of carbonyl (C=O) groups excluding carboxylic acids is 3. The SMILES string of the molecule is COc1ccc(C[C@H](NC(=O)OC(C)(C)C)C(=O)NC(=O)[C@@H](N)Cc2ccc(OC)cc2)cc1. The lowest BCUT2D eigenvalue weighted by Gasteiger charge is -2.23. The van der Waals surface area contributed by atoms with Crippen LogP contribution in [0.2, 0.25) is 0 Å². The lowest BCUT2D eigenvalue weighted by molar-refractivity contribution is -0.132. The summed E-state index contributed by atoms with van der Waals surface area (Å²) in [7, 11) is 3.11. The van der Waals surface area contributed by atoms with Crippen LogP contribution in [0.5, 0.6) is 11.5 Å². The molecule has 2 rings (SSSR count). The molecule has 0 aliphatic rings. The molecule has 9 heteroatoms. The summed E-state index contributed by atoms with van der Waals surface area (Å²) in [5, 5.41) is 4.86. The van der Waals surface area contributed by atoms with E-state index in [1.807, 2.05) is 0 Å². The summed E-state index contributed by atoms with van der Waals surface area (Å²) in [6.07, 6.45) is -0.405. The van der Waals surface area contributed by atoms with Crippen LogP contribution in [0.25, 0.3) is 0 Å². The number of rotatable bonds is 9. The van der Waals surface area contributed by atoms with E-state index in [1.165, 1.54) is 0 Å². The Hall–Kier alpha value is -3.59. The summed E-state index contributed by atoms with van der Waals surface area (Å²) < 4.78 is 15.5. The van der Waals surface area contributed by atoms with E-state index < -0.39 is 35.6 Å². The van der Waals surface area contributed by atoms with Gasteiger partial charge in [0.1, 0.15) is 23.1 Å². The molecule has 0 aliphatic carbocycles. The molecular formula is C25H33N3O6. The van der Waals surface area contributed by atoms with Crippen molar-refractivity contribution in [2.45, 2.75) is 51.3 Å². The van der Waals surface area contributed by atoms with Gasteiger partial charge in [-0.05, 0) is 62.6 Å².